The van der Waals surface area contributed by atoms with Crippen LogP contribution in [-0.2, 0) is 4.79 Å². The summed E-state index contributed by atoms with van der Waals surface area (Å²) in [6, 6.07) is -1.16. The van der Waals surface area contributed by atoms with Gasteiger partial charge in [-0.25, -0.2) is 4.79 Å². The van der Waals surface area contributed by atoms with Gasteiger partial charge < -0.3 is 15.7 Å². The minimum Gasteiger partial charge on any atom is -0.480 e. The van der Waals surface area contributed by atoms with E-state index in [1.807, 2.05) is 13.8 Å². The quantitative estimate of drug-likeness (QED) is 0.667. The number of hydrogen-bond donors (Lipinski definition) is 3. The summed E-state index contributed by atoms with van der Waals surface area (Å²) >= 11 is 1.78. The fraction of sp³-hybridized carbons (Fsp3) is 0.778. The number of aliphatic carboxylic acids is 1. The average molecular weight is 232 g/mol. The SMILES string of the molecule is CC(NC(=O)NC1CSC1(C)C)C(=O)O. The first kappa shape index (κ1) is 12.2. The minimum absolute atomic E-state index is 0.0454. The maximum absolute atomic E-state index is 11.4. The largest absolute Gasteiger partial charge is 0.480 e. The molecule has 1 rings (SSSR count). The summed E-state index contributed by atoms with van der Waals surface area (Å²) in [4.78, 5) is 21.8. The average Bonchev–Trinajstić information content (AvgIpc) is 2.12. The van der Waals surface area contributed by atoms with Gasteiger partial charge in [0.1, 0.15) is 6.04 Å². The molecule has 0 aromatic heterocycles. The zero-order valence-electron chi connectivity index (χ0n) is 9.03. The molecular weight excluding hydrogens is 216 g/mol. The highest BCUT2D eigenvalue weighted by Gasteiger charge is 2.40. The number of urea groups is 1. The second-order valence-electron chi connectivity index (χ2n) is 4.14. The number of carbonyl (C=O) groups excluding carboxylic acids is 1. The Morgan fingerprint density at radius 1 is 1.53 bits per heavy atom. The number of hydrogen-bond acceptors (Lipinski definition) is 3. The van der Waals surface area contributed by atoms with E-state index >= 15 is 0 Å². The van der Waals surface area contributed by atoms with Crippen LogP contribution in [0.5, 0.6) is 0 Å². The van der Waals surface area contributed by atoms with E-state index in [9.17, 15) is 9.59 Å². The second-order valence-corrected chi connectivity index (χ2v) is 5.82. The van der Waals surface area contributed by atoms with Crippen molar-refractivity contribution in [1.82, 2.24) is 10.6 Å². The van der Waals surface area contributed by atoms with Crippen LogP contribution < -0.4 is 10.6 Å². The van der Waals surface area contributed by atoms with Gasteiger partial charge in [0.15, 0.2) is 0 Å². The number of carboxylic acids is 1. The van der Waals surface area contributed by atoms with Crippen molar-refractivity contribution in [3.63, 3.8) is 0 Å². The Morgan fingerprint density at radius 2 is 2.13 bits per heavy atom. The molecule has 3 N–H and O–H groups in total. The zero-order chi connectivity index (χ0) is 11.6. The number of nitrogens with one attached hydrogen (secondary N) is 2. The van der Waals surface area contributed by atoms with Crippen molar-refractivity contribution in [3.05, 3.63) is 0 Å². The van der Waals surface area contributed by atoms with E-state index in [-0.39, 0.29) is 10.8 Å². The van der Waals surface area contributed by atoms with Crippen LogP contribution in [0.3, 0.4) is 0 Å². The van der Waals surface area contributed by atoms with Gasteiger partial charge >= 0.3 is 12.0 Å². The van der Waals surface area contributed by atoms with Crippen LogP contribution in [0.15, 0.2) is 0 Å². The zero-order valence-corrected chi connectivity index (χ0v) is 9.85. The molecule has 1 saturated heterocycles. The molecule has 1 heterocycles. The molecule has 0 radical (unpaired) electrons. The maximum atomic E-state index is 11.4. The highest BCUT2D eigenvalue weighted by molar-refractivity contribution is 8.02. The molecular formula is C9H16N2O3S. The lowest BCUT2D eigenvalue weighted by molar-refractivity contribution is -0.138. The predicted molar refractivity (Wildman–Crippen MR) is 59.1 cm³/mol. The molecule has 1 fully saturated rings. The number of thioether (sulfide) groups is 1. The fourth-order valence-corrected chi connectivity index (χ4v) is 2.32. The van der Waals surface area contributed by atoms with Gasteiger partial charge in [0.05, 0.1) is 6.04 Å². The Labute approximate surface area is 93.0 Å². The Bertz CT molecular complexity index is 281. The Hall–Kier alpha value is -0.910. The third-order valence-electron chi connectivity index (χ3n) is 2.48. The molecule has 0 bridgehead atoms. The lowest BCUT2D eigenvalue weighted by Gasteiger charge is -2.43. The van der Waals surface area contributed by atoms with Gasteiger partial charge in [-0.2, -0.15) is 11.8 Å². The van der Waals surface area contributed by atoms with Gasteiger partial charge in [-0.15, -0.1) is 0 Å². The first-order valence-electron chi connectivity index (χ1n) is 4.76. The molecule has 0 saturated carbocycles. The molecule has 15 heavy (non-hydrogen) atoms. The van der Waals surface area contributed by atoms with Crippen molar-refractivity contribution >= 4 is 23.8 Å². The number of amides is 2. The third-order valence-corrected chi connectivity index (χ3v) is 4.01. The van der Waals surface area contributed by atoms with Gasteiger partial charge in [-0.05, 0) is 20.8 Å². The van der Waals surface area contributed by atoms with Crippen LogP contribution in [0.25, 0.3) is 0 Å². The lowest BCUT2D eigenvalue weighted by atomic mass is 10.0. The Kier molecular flexibility index (Phi) is 3.49. The molecule has 2 amide bonds. The molecule has 86 valence electrons. The molecule has 1 aliphatic heterocycles. The molecule has 6 heteroatoms. The van der Waals surface area contributed by atoms with Gasteiger partial charge in [0.2, 0.25) is 0 Å². The lowest BCUT2D eigenvalue weighted by Crippen LogP contribution is -2.59. The highest BCUT2D eigenvalue weighted by Crippen LogP contribution is 2.39. The van der Waals surface area contributed by atoms with Crippen LogP contribution in [0.2, 0.25) is 0 Å². The van der Waals surface area contributed by atoms with Gasteiger partial charge in [0, 0.05) is 10.5 Å². The van der Waals surface area contributed by atoms with Crippen LogP contribution in [0.4, 0.5) is 4.79 Å². The number of rotatable bonds is 3. The van der Waals surface area contributed by atoms with Crippen molar-refractivity contribution in [3.8, 4) is 0 Å². The molecule has 5 nitrogen and oxygen atoms in total. The summed E-state index contributed by atoms with van der Waals surface area (Å²) < 4.78 is 0.0454. The van der Waals surface area contributed by atoms with Crippen molar-refractivity contribution in [2.45, 2.75) is 37.6 Å². The van der Waals surface area contributed by atoms with Gasteiger partial charge in [0.25, 0.3) is 0 Å². The number of carbonyl (C=O) groups is 2. The molecule has 0 aromatic rings. The van der Waals surface area contributed by atoms with Crippen molar-refractivity contribution in [2.75, 3.05) is 5.75 Å². The normalized spacial score (nSPS) is 24.9. The standard InChI is InChI=1S/C9H16N2O3S/c1-5(7(12)13)10-8(14)11-6-4-15-9(6,2)3/h5-6H,4H2,1-3H3,(H,12,13)(H2,10,11,14). The Morgan fingerprint density at radius 3 is 2.47 bits per heavy atom. The summed E-state index contributed by atoms with van der Waals surface area (Å²) in [7, 11) is 0. The summed E-state index contributed by atoms with van der Waals surface area (Å²) in [6.45, 7) is 5.53. The molecule has 2 unspecified atom stereocenters. The first-order valence-corrected chi connectivity index (χ1v) is 5.75. The van der Waals surface area contributed by atoms with E-state index in [0.717, 1.165) is 5.75 Å². The fourth-order valence-electron chi connectivity index (χ4n) is 1.17. The summed E-state index contributed by atoms with van der Waals surface area (Å²) in [6.07, 6.45) is 0. The van der Waals surface area contributed by atoms with E-state index in [1.54, 1.807) is 11.8 Å². The van der Waals surface area contributed by atoms with Gasteiger partial charge in [-0.3, -0.25) is 4.79 Å². The van der Waals surface area contributed by atoms with E-state index < -0.39 is 18.0 Å². The van der Waals surface area contributed by atoms with Crippen LogP contribution in [-0.4, -0.2) is 39.7 Å². The molecule has 2 atom stereocenters. The van der Waals surface area contributed by atoms with E-state index in [2.05, 4.69) is 10.6 Å². The maximum Gasteiger partial charge on any atom is 0.325 e. The minimum atomic E-state index is -1.03. The second kappa shape index (κ2) is 4.30. The third kappa shape index (κ3) is 3.02. The smallest absolute Gasteiger partial charge is 0.325 e. The van der Waals surface area contributed by atoms with E-state index in [4.69, 9.17) is 5.11 Å². The van der Waals surface area contributed by atoms with Crippen LogP contribution in [0, 0.1) is 0 Å². The van der Waals surface area contributed by atoms with Crippen molar-refractivity contribution in [1.29, 1.82) is 0 Å². The Balaban J connectivity index is 2.34. The monoisotopic (exact) mass is 232 g/mol. The number of carboxylic acid groups (broad SMARTS) is 1. The molecule has 1 aliphatic rings. The topological polar surface area (TPSA) is 78.4 Å². The summed E-state index contributed by atoms with van der Waals surface area (Å²) in [5, 5.41) is 13.7. The first-order chi connectivity index (χ1) is 6.83. The van der Waals surface area contributed by atoms with Crippen molar-refractivity contribution in [2.24, 2.45) is 0 Å². The van der Waals surface area contributed by atoms with Crippen LogP contribution >= 0.6 is 11.8 Å². The molecule has 0 spiro atoms. The highest BCUT2D eigenvalue weighted by atomic mass is 32.2. The molecule has 0 aliphatic carbocycles. The van der Waals surface area contributed by atoms with Crippen molar-refractivity contribution < 1.29 is 14.7 Å². The molecule has 0 aromatic carbocycles. The predicted octanol–water partition coefficient (Wildman–Crippen LogP) is 0.653. The van der Waals surface area contributed by atoms with E-state index in [1.165, 1.54) is 6.92 Å². The van der Waals surface area contributed by atoms with E-state index in [0.29, 0.717) is 0 Å². The summed E-state index contributed by atoms with van der Waals surface area (Å²) in [5.74, 6) is -0.158. The van der Waals surface area contributed by atoms with Gasteiger partial charge in [-0.1, -0.05) is 0 Å². The summed E-state index contributed by atoms with van der Waals surface area (Å²) in [5.41, 5.74) is 0. The van der Waals surface area contributed by atoms with Crippen LogP contribution in [0.1, 0.15) is 20.8 Å².